The Kier molecular flexibility index (Phi) is 4.29. The van der Waals surface area contributed by atoms with Crippen LogP contribution in [0.2, 0.25) is 0 Å². The van der Waals surface area contributed by atoms with Crippen molar-refractivity contribution in [2.75, 3.05) is 0 Å². The Hall–Kier alpha value is -2.16. The van der Waals surface area contributed by atoms with Gasteiger partial charge in [0.25, 0.3) is 5.91 Å². The molecular weight excluding hydrogens is 241 g/mol. The first-order chi connectivity index (χ1) is 9.19. The molecule has 0 saturated heterocycles. The fourth-order valence-electron chi connectivity index (χ4n) is 1.78. The molecule has 1 amide bonds. The zero-order valence-electron chi connectivity index (χ0n) is 10.8. The number of halogens is 1. The molecule has 0 atom stereocenters. The second-order valence-electron chi connectivity index (χ2n) is 4.36. The van der Waals surface area contributed by atoms with Gasteiger partial charge in [-0.1, -0.05) is 31.2 Å². The summed E-state index contributed by atoms with van der Waals surface area (Å²) in [5.74, 6) is -0.391. The third-order valence-electron chi connectivity index (χ3n) is 2.99. The maximum Gasteiger partial charge on any atom is 0.251 e. The number of benzene rings is 2. The monoisotopic (exact) mass is 257 g/mol. The third-order valence-corrected chi connectivity index (χ3v) is 2.99. The smallest absolute Gasteiger partial charge is 0.251 e. The molecule has 0 aliphatic carbocycles. The number of nitrogens with one attached hydrogen (secondary N) is 1. The summed E-state index contributed by atoms with van der Waals surface area (Å²) in [7, 11) is 0. The quantitative estimate of drug-likeness (QED) is 0.894. The van der Waals surface area contributed by atoms with Crippen LogP contribution in [-0.4, -0.2) is 5.91 Å². The van der Waals surface area contributed by atoms with E-state index in [1.807, 2.05) is 24.3 Å². The standard InChI is InChI=1S/C16H16FNO/c1-2-12-3-7-14(8-4-12)16(19)18-11-13-5-9-15(17)10-6-13/h3-10H,2,11H2,1H3,(H,18,19). The van der Waals surface area contributed by atoms with Crippen LogP contribution in [0.15, 0.2) is 48.5 Å². The molecule has 0 fully saturated rings. The number of carbonyl (C=O) groups is 1. The Bertz CT molecular complexity index is 546. The van der Waals surface area contributed by atoms with Crippen LogP contribution in [-0.2, 0) is 13.0 Å². The van der Waals surface area contributed by atoms with Crippen molar-refractivity contribution in [1.29, 1.82) is 0 Å². The molecule has 0 aliphatic heterocycles. The lowest BCUT2D eigenvalue weighted by atomic mass is 10.1. The zero-order chi connectivity index (χ0) is 13.7. The predicted octanol–water partition coefficient (Wildman–Crippen LogP) is 3.32. The van der Waals surface area contributed by atoms with Crippen molar-refractivity contribution in [3.05, 3.63) is 71.0 Å². The zero-order valence-corrected chi connectivity index (χ0v) is 10.8. The van der Waals surface area contributed by atoms with E-state index in [-0.39, 0.29) is 11.7 Å². The van der Waals surface area contributed by atoms with Gasteiger partial charge in [-0.15, -0.1) is 0 Å². The molecule has 1 N–H and O–H groups in total. The fraction of sp³-hybridized carbons (Fsp3) is 0.188. The molecule has 19 heavy (non-hydrogen) atoms. The highest BCUT2D eigenvalue weighted by Gasteiger charge is 2.04. The van der Waals surface area contributed by atoms with E-state index in [0.717, 1.165) is 12.0 Å². The second kappa shape index (κ2) is 6.14. The molecule has 0 radical (unpaired) electrons. The summed E-state index contributed by atoms with van der Waals surface area (Å²) in [5, 5.41) is 2.81. The molecule has 2 rings (SSSR count). The molecule has 2 aromatic carbocycles. The molecule has 0 aromatic heterocycles. The third kappa shape index (κ3) is 3.65. The number of rotatable bonds is 4. The number of hydrogen-bond acceptors (Lipinski definition) is 1. The van der Waals surface area contributed by atoms with E-state index in [1.54, 1.807) is 12.1 Å². The van der Waals surface area contributed by atoms with Gasteiger partial charge in [-0.2, -0.15) is 0 Å². The van der Waals surface area contributed by atoms with Crippen molar-refractivity contribution in [1.82, 2.24) is 5.32 Å². The highest BCUT2D eigenvalue weighted by molar-refractivity contribution is 5.94. The van der Waals surface area contributed by atoms with Gasteiger partial charge in [0.05, 0.1) is 0 Å². The largest absolute Gasteiger partial charge is 0.348 e. The van der Waals surface area contributed by atoms with Gasteiger partial charge in [-0.25, -0.2) is 4.39 Å². The Morgan fingerprint density at radius 1 is 1.00 bits per heavy atom. The van der Waals surface area contributed by atoms with E-state index in [4.69, 9.17) is 0 Å². The minimum Gasteiger partial charge on any atom is -0.348 e. The molecule has 2 aromatic rings. The molecule has 2 nitrogen and oxygen atoms in total. The fourth-order valence-corrected chi connectivity index (χ4v) is 1.78. The van der Waals surface area contributed by atoms with E-state index in [9.17, 15) is 9.18 Å². The van der Waals surface area contributed by atoms with Crippen molar-refractivity contribution in [3.63, 3.8) is 0 Å². The Balaban J connectivity index is 1.95. The van der Waals surface area contributed by atoms with Crippen molar-refractivity contribution in [2.24, 2.45) is 0 Å². The van der Waals surface area contributed by atoms with E-state index in [2.05, 4.69) is 12.2 Å². The maximum absolute atomic E-state index is 12.7. The maximum atomic E-state index is 12.7. The number of carbonyl (C=O) groups excluding carboxylic acids is 1. The van der Waals surface area contributed by atoms with Crippen molar-refractivity contribution in [3.8, 4) is 0 Å². The number of aryl methyl sites for hydroxylation is 1. The van der Waals surface area contributed by atoms with E-state index >= 15 is 0 Å². The van der Waals surface area contributed by atoms with Gasteiger partial charge in [0.1, 0.15) is 5.82 Å². The summed E-state index contributed by atoms with van der Waals surface area (Å²) in [6.07, 6.45) is 0.956. The van der Waals surface area contributed by atoms with E-state index in [1.165, 1.54) is 17.7 Å². The van der Waals surface area contributed by atoms with Crippen LogP contribution in [0.5, 0.6) is 0 Å². The summed E-state index contributed by atoms with van der Waals surface area (Å²) in [5.41, 5.74) is 2.72. The molecule has 0 spiro atoms. The average molecular weight is 257 g/mol. The lowest BCUT2D eigenvalue weighted by molar-refractivity contribution is 0.0951. The second-order valence-corrected chi connectivity index (χ2v) is 4.36. The summed E-state index contributed by atoms with van der Waals surface area (Å²) in [6.45, 7) is 2.47. The summed E-state index contributed by atoms with van der Waals surface area (Å²) in [6, 6.07) is 13.6. The first-order valence-corrected chi connectivity index (χ1v) is 6.30. The number of amides is 1. The van der Waals surface area contributed by atoms with Gasteiger partial charge in [0, 0.05) is 12.1 Å². The van der Waals surface area contributed by atoms with Crippen LogP contribution in [0.4, 0.5) is 4.39 Å². The average Bonchev–Trinajstić information content (AvgIpc) is 2.46. The molecule has 3 heteroatoms. The van der Waals surface area contributed by atoms with Crippen LogP contribution in [0.3, 0.4) is 0 Å². The molecule has 0 heterocycles. The molecule has 0 bridgehead atoms. The van der Waals surface area contributed by atoms with Gasteiger partial charge < -0.3 is 5.32 Å². The molecule has 0 aliphatic rings. The lowest BCUT2D eigenvalue weighted by Gasteiger charge is -2.06. The topological polar surface area (TPSA) is 29.1 Å². The van der Waals surface area contributed by atoms with Gasteiger partial charge in [-0.05, 0) is 41.8 Å². The Labute approximate surface area is 112 Å². The highest BCUT2D eigenvalue weighted by Crippen LogP contribution is 2.06. The first-order valence-electron chi connectivity index (χ1n) is 6.30. The summed E-state index contributed by atoms with van der Waals surface area (Å²) < 4.78 is 12.7. The van der Waals surface area contributed by atoms with Crippen LogP contribution < -0.4 is 5.32 Å². The Morgan fingerprint density at radius 3 is 2.16 bits per heavy atom. The SMILES string of the molecule is CCc1ccc(C(=O)NCc2ccc(F)cc2)cc1. The minimum absolute atomic E-state index is 0.119. The summed E-state index contributed by atoms with van der Waals surface area (Å²) >= 11 is 0. The molecule has 0 saturated carbocycles. The van der Waals surface area contributed by atoms with Crippen LogP contribution in [0, 0.1) is 5.82 Å². The van der Waals surface area contributed by atoms with Gasteiger partial charge in [-0.3, -0.25) is 4.79 Å². The van der Waals surface area contributed by atoms with Crippen LogP contribution in [0.25, 0.3) is 0 Å². The summed E-state index contributed by atoms with van der Waals surface area (Å²) in [4.78, 5) is 11.9. The predicted molar refractivity (Wildman–Crippen MR) is 73.4 cm³/mol. The van der Waals surface area contributed by atoms with Gasteiger partial charge in [0.15, 0.2) is 0 Å². The van der Waals surface area contributed by atoms with E-state index in [0.29, 0.717) is 12.1 Å². The van der Waals surface area contributed by atoms with Crippen LogP contribution in [0.1, 0.15) is 28.4 Å². The first kappa shape index (κ1) is 13.3. The van der Waals surface area contributed by atoms with Crippen molar-refractivity contribution in [2.45, 2.75) is 19.9 Å². The van der Waals surface area contributed by atoms with Gasteiger partial charge in [0.2, 0.25) is 0 Å². The van der Waals surface area contributed by atoms with Crippen molar-refractivity contribution >= 4 is 5.91 Å². The van der Waals surface area contributed by atoms with E-state index < -0.39 is 0 Å². The Morgan fingerprint density at radius 2 is 1.58 bits per heavy atom. The lowest BCUT2D eigenvalue weighted by Crippen LogP contribution is -2.22. The highest BCUT2D eigenvalue weighted by atomic mass is 19.1. The molecule has 0 unspecified atom stereocenters. The van der Waals surface area contributed by atoms with Gasteiger partial charge >= 0.3 is 0 Å². The molecular formula is C16H16FNO. The van der Waals surface area contributed by atoms with Crippen LogP contribution >= 0.6 is 0 Å². The molecule has 98 valence electrons. The normalized spacial score (nSPS) is 10.2. The van der Waals surface area contributed by atoms with Crippen molar-refractivity contribution < 1.29 is 9.18 Å². The number of hydrogen-bond donors (Lipinski definition) is 1. The minimum atomic E-state index is -0.273.